The summed E-state index contributed by atoms with van der Waals surface area (Å²) in [5.41, 5.74) is 2.01. The van der Waals surface area contributed by atoms with Gasteiger partial charge in [0, 0.05) is 24.7 Å². The van der Waals surface area contributed by atoms with E-state index in [1.807, 2.05) is 6.92 Å². The number of Topliss-reactive ketones (excluding diaryl/α,β-unsaturated/α-hetero) is 1. The first kappa shape index (κ1) is 25.6. The lowest BCUT2D eigenvalue weighted by molar-refractivity contribution is -0.109. The molecule has 0 aliphatic heterocycles. The molecule has 1 aromatic heterocycles. The largest absolute Gasteiger partial charge is 0.495 e. The van der Waals surface area contributed by atoms with E-state index in [4.69, 9.17) is 41.0 Å². The zero-order chi connectivity index (χ0) is 24.8. The van der Waals surface area contributed by atoms with Gasteiger partial charge in [0.1, 0.15) is 33.4 Å². The summed E-state index contributed by atoms with van der Waals surface area (Å²) in [5.74, 6) is 1.16. The van der Waals surface area contributed by atoms with E-state index < -0.39 is 6.10 Å². The van der Waals surface area contributed by atoms with Gasteiger partial charge >= 0.3 is 0 Å². The van der Waals surface area contributed by atoms with Gasteiger partial charge in [-0.2, -0.15) is 0 Å². The molecule has 0 radical (unpaired) electrons. The van der Waals surface area contributed by atoms with Crippen molar-refractivity contribution in [3.8, 4) is 22.8 Å². The Morgan fingerprint density at radius 1 is 1.12 bits per heavy atom. The Labute approximate surface area is 207 Å². The highest BCUT2D eigenvalue weighted by Crippen LogP contribution is 2.39. The molecule has 34 heavy (non-hydrogen) atoms. The molecule has 0 aliphatic carbocycles. The third-order valence-electron chi connectivity index (χ3n) is 4.89. The molecular formula is C25H26ClN2O5S+. The minimum absolute atomic E-state index is 0.155. The zero-order valence-corrected chi connectivity index (χ0v) is 20.9. The van der Waals surface area contributed by atoms with Crippen LogP contribution in [0.3, 0.4) is 0 Å². The molecular weight excluding hydrogens is 476 g/mol. The van der Waals surface area contributed by atoms with Gasteiger partial charge in [0.05, 0.1) is 14.2 Å². The minimum atomic E-state index is -0.850. The van der Waals surface area contributed by atoms with E-state index >= 15 is 0 Å². The third kappa shape index (κ3) is 5.70. The topological polar surface area (TPSA) is 107 Å². The van der Waals surface area contributed by atoms with Crippen LogP contribution in [0.25, 0.3) is 11.3 Å². The Morgan fingerprint density at radius 2 is 1.74 bits per heavy atom. The number of ketones is 1. The highest BCUT2D eigenvalue weighted by atomic mass is 35.5. The van der Waals surface area contributed by atoms with Gasteiger partial charge in [-0.1, -0.05) is 35.9 Å². The molecule has 0 aliphatic rings. The van der Waals surface area contributed by atoms with Crippen LogP contribution in [0.1, 0.15) is 41.6 Å². The van der Waals surface area contributed by atoms with Gasteiger partial charge < -0.3 is 18.6 Å². The fourth-order valence-corrected chi connectivity index (χ4v) is 4.12. The Bertz CT molecular complexity index is 1180. The molecule has 0 amide bonds. The molecule has 9 heteroatoms. The van der Waals surface area contributed by atoms with E-state index in [1.165, 1.54) is 26.0 Å². The average molecular weight is 502 g/mol. The van der Waals surface area contributed by atoms with E-state index in [-0.39, 0.29) is 11.5 Å². The predicted octanol–water partition coefficient (Wildman–Crippen LogP) is 4.81. The predicted molar refractivity (Wildman–Crippen MR) is 134 cm³/mol. The summed E-state index contributed by atoms with van der Waals surface area (Å²) < 4.78 is 22.3. The Hall–Kier alpha value is -3.07. The maximum atomic E-state index is 13.3. The maximum absolute atomic E-state index is 13.3. The van der Waals surface area contributed by atoms with Crippen LogP contribution >= 0.6 is 23.4 Å². The molecule has 3 N–H and O–H groups in total. The van der Waals surface area contributed by atoms with E-state index in [1.54, 1.807) is 55.5 Å². The summed E-state index contributed by atoms with van der Waals surface area (Å²) in [4.78, 5) is 13.3. The summed E-state index contributed by atoms with van der Waals surface area (Å²) in [6.45, 7) is 3.90. The van der Waals surface area contributed by atoms with Gasteiger partial charge in [-0.15, -0.1) is 0 Å². The molecule has 2 aromatic carbocycles. The van der Waals surface area contributed by atoms with E-state index in [0.717, 1.165) is 0 Å². The van der Waals surface area contributed by atoms with Crippen LogP contribution < -0.4 is 14.9 Å². The Morgan fingerprint density at radius 3 is 2.26 bits per heavy atom. The summed E-state index contributed by atoms with van der Waals surface area (Å²) in [6, 6.07) is 13.8. The van der Waals surface area contributed by atoms with Crippen LogP contribution in [-0.4, -0.2) is 36.7 Å². The Kier molecular flexibility index (Phi) is 8.55. The lowest BCUT2D eigenvalue weighted by atomic mass is 10.0. The number of hydrogen-bond donors (Lipinski definition) is 2. The molecule has 3 rings (SSSR count). The van der Waals surface area contributed by atoms with Gasteiger partial charge in [0.25, 0.3) is 0 Å². The number of nitrogens with one attached hydrogen (secondary N) is 1. The SMILES string of the molecule is CCOC(C(=O)c1ccc(-c2cc(OC)c(Cl)c(OC)c2)o1)c1ccc(C(=N)SC(C)=[NH2+])cc1. The number of halogens is 1. The van der Waals surface area contributed by atoms with Crippen molar-refractivity contribution in [1.82, 2.24) is 0 Å². The molecule has 0 fully saturated rings. The molecule has 178 valence electrons. The van der Waals surface area contributed by atoms with Crippen molar-refractivity contribution in [3.05, 3.63) is 70.4 Å². The quantitative estimate of drug-likeness (QED) is 0.247. The summed E-state index contributed by atoms with van der Waals surface area (Å²) in [6.07, 6.45) is -0.850. The fourth-order valence-electron chi connectivity index (χ4n) is 3.29. The first-order chi connectivity index (χ1) is 16.3. The lowest BCUT2D eigenvalue weighted by Crippen LogP contribution is -2.35. The summed E-state index contributed by atoms with van der Waals surface area (Å²) >= 11 is 7.43. The number of rotatable bonds is 9. The number of carbonyl (C=O) groups excluding carboxylic acids is 1. The lowest BCUT2D eigenvalue weighted by Gasteiger charge is -2.15. The van der Waals surface area contributed by atoms with E-state index in [0.29, 0.717) is 55.7 Å². The molecule has 1 atom stereocenters. The molecule has 0 saturated heterocycles. The van der Waals surface area contributed by atoms with Crippen LogP contribution in [0.5, 0.6) is 11.5 Å². The first-order valence-electron chi connectivity index (χ1n) is 10.4. The van der Waals surface area contributed by atoms with Crippen molar-refractivity contribution in [2.75, 3.05) is 20.8 Å². The standard InChI is InChI=1S/C25H25ClN2O5S/c1-5-32-24(15-6-8-16(9-7-15)25(28)34-14(2)27)23(29)19-11-10-18(33-19)17-12-20(30-3)22(26)21(13-17)31-4/h6-13,24,27-28H,5H2,1-4H3/p+1. The number of benzene rings is 2. The van der Waals surface area contributed by atoms with Crippen molar-refractivity contribution in [1.29, 1.82) is 5.41 Å². The van der Waals surface area contributed by atoms with Gasteiger partial charge in [0.15, 0.2) is 5.76 Å². The van der Waals surface area contributed by atoms with Crippen LogP contribution in [0, 0.1) is 5.41 Å². The second kappa shape index (κ2) is 11.4. The second-order valence-corrected chi connectivity index (χ2v) is 8.86. The van der Waals surface area contributed by atoms with Crippen LogP contribution in [-0.2, 0) is 4.74 Å². The van der Waals surface area contributed by atoms with Crippen molar-refractivity contribution in [2.24, 2.45) is 0 Å². The van der Waals surface area contributed by atoms with E-state index in [2.05, 4.69) is 0 Å². The van der Waals surface area contributed by atoms with Gasteiger partial charge in [-0.3, -0.25) is 15.6 Å². The van der Waals surface area contributed by atoms with Crippen molar-refractivity contribution in [2.45, 2.75) is 20.0 Å². The summed E-state index contributed by atoms with van der Waals surface area (Å²) in [5, 5.41) is 15.1. The third-order valence-corrected chi connectivity index (χ3v) is 6.02. The highest BCUT2D eigenvalue weighted by molar-refractivity contribution is 8.26. The molecule has 0 spiro atoms. The van der Waals surface area contributed by atoms with Gasteiger partial charge in [-0.05, 0) is 48.5 Å². The van der Waals surface area contributed by atoms with Crippen molar-refractivity contribution < 1.29 is 28.8 Å². The van der Waals surface area contributed by atoms with E-state index in [9.17, 15) is 4.79 Å². The van der Waals surface area contributed by atoms with Crippen molar-refractivity contribution >= 4 is 39.2 Å². The number of methoxy groups -OCH3 is 2. The molecule has 0 bridgehead atoms. The minimum Gasteiger partial charge on any atom is -0.495 e. The van der Waals surface area contributed by atoms with Gasteiger partial charge in [-0.25, -0.2) is 0 Å². The van der Waals surface area contributed by atoms with Crippen LogP contribution in [0.15, 0.2) is 52.9 Å². The Balaban J connectivity index is 1.88. The van der Waals surface area contributed by atoms with Crippen LogP contribution in [0.4, 0.5) is 0 Å². The zero-order valence-electron chi connectivity index (χ0n) is 19.3. The maximum Gasteiger partial charge on any atom is 0.231 e. The first-order valence-corrected chi connectivity index (χ1v) is 11.6. The monoisotopic (exact) mass is 501 g/mol. The number of nitrogens with two attached hydrogens (primary N) is 1. The average Bonchev–Trinajstić information content (AvgIpc) is 3.32. The number of thioether (sulfide) groups is 1. The number of hydrogen-bond acceptors (Lipinski definition) is 7. The second-order valence-electron chi connectivity index (χ2n) is 7.22. The molecule has 1 unspecified atom stereocenters. The molecule has 3 aromatic rings. The molecule has 0 saturated carbocycles. The number of ether oxygens (including phenoxy) is 3. The fraction of sp³-hybridized carbons (Fsp3) is 0.240. The number of carbonyl (C=O) groups is 1. The molecule has 1 heterocycles. The summed E-state index contributed by atoms with van der Waals surface area (Å²) in [7, 11) is 3.02. The smallest absolute Gasteiger partial charge is 0.231 e. The highest BCUT2D eigenvalue weighted by Gasteiger charge is 2.26. The molecule has 7 nitrogen and oxygen atoms in total. The van der Waals surface area contributed by atoms with Crippen molar-refractivity contribution in [3.63, 3.8) is 0 Å². The van der Waals surface area contributed by atoms with Gasteiger partial charge in [0.2, 0.25) is 10.8 Å². The van der Waals surface area contributed by atoms with Crippen LogP contribution in [0.2, 0.25) is 5.02 Å². The normalized spacial score (nSPS) is 11.7. The number of furan rings is 1.